The van der Waals surface area contributed by atoms with E-state index in [-0.39, 0.29) is 17.9 Å². The van der Waals surface area contributed by atoms with Gasteiger partial charge in [-0.15, -0.1) is 0 Å². The van der Waals surface area contributed by atoms with Gasteiger partial charge in [-0.3, -0.25) is 4.79 Å². The minimum Gasteiger partial charge on any atom is -0.383 e. The van der Waals surface area contributed by atoms with Crippen molar-refractivity contribution in [2.24, 2.45) is 0 Å². The summed E-state index contributed by atoms with van der Waals surface area (Å²) in [6.45, 7) is 1.92. The molecular weight excluding hydrogens is 239 g/mol. The first-order chi connectivity index (χ1) is 8.56. The van der Waals surface area contributed by atoms with Crippen LogP contribution in [0.25, 0.3) is 0 Å². The summed E-state index contributed by atoms with van der Waals surface area (Å²) >= 11 is 0. The zero-order valence-electron chi connectivity index (χ0n) is 9.61. The van der Waals surface area contributed by atoms with E-state index in [0.717, 1.165) is 12.3 Å². The SMILES string of the molecule is Cc1cc(CNC(=O)c2cc(F)cnc2N)on1. The Balaban J connectivity index is 2.05. The second-order valence-electron chi connectivity index (χ2n) is 3.70. The lowest BCUT2D eigenvalue weighted by molar-refractivity contribution is 0.0947. The first-order valence-corrected chi connectivity index (χ1v) is 5.17. The molecule has 18 heavy (non-hydrogen) atoms. The lowest BCUT2D eigenvalue weighted by atomic mass is 10.2. The van der Waals surface area contributed by atoms with Crippen LogP contribution in [-0.4, -0.2) is 16.0 Å². The molecule has 0 saturated heterocycles. The van der Waals surface area contributed by atoms with Crippen LogP contribution in [0.15, 0.2) is 22.9 Å². The molecule has 0 fully saturated rings. The van der Waals surface area contributed by atoms with E-state index in [9.17, 15) is 9.18 Å². The molecule has 1 amide bonds. The topological polar surface area (TPSA) is 94.0 Å². The van der Waals surface area contributed by atoms with Crippen LogP contribution in [0.2, 0.25) is 0 Å². The zero-order chi connectivity index (χ0) is 13.1. The maximum atomic E-state index is 12.9. The molecule has 3 N–H and O–H groups in total. The highest BCUT2D eigenvalue weighted by Crippen LogP contribution is 2.10. The molecular formula is C11H11FN4O2. The number of aromatic nitrogens is 2. The number of pyridine rings is 1. The third kappa shape index (κ3) is 2.62. The predicted octanol–water partition coefficient (Wildman–Crippen LogP) is 1.03. The number of carbonyl (C=O) groups is 1. The van der Waals surface area contributed by atoms with Crippen LogP contribution in [0.3, 0.4) is 0 Å². The summed E-state index contributed by atoms with van der Waals surface area (Å²) < 4.78 is 17.9. The van der Waals surface area contributed by atoms with Crippen molar-refractivity contribution in [1.29, 1.82) is 0 Å². The summed E-state index contributed by atoms with van der Waals surface area (Å²) in [5.74, 6) is -0.662. The van der Waals surface area contributed by atoms with Crippen LogP contribution in [0.4, 0.5) is 10.2 Å². The van der Waals surface area contributed by atoms with Gasteiger partial charge in [0.15, 0.2) is 5.76 Å². The van der Waals surface area contributed by atoms with Gasteiger partial charge >= 0.3 is 0 Å². The number of rotatable bonds is 3. The highest BCUT2D eigenvalue weighted by atomic mass is 19.1. The molecule has 2 heterocycles. The molecule has 0 saturated carbocycles. The fourth-order valence-corrected chi connectivity index (χ4v) is 1.39. The van der Waals surface area contributed by atoms with Crippen molar-refractivity contribution in [3.8, 4) is 0 Å². The van der Waals surface area contributed by atoms with Gasteiger partial charge in [-0.25, -0.2) is 9.37 Å². The Hall–Kier alpha value is -2.44. The summed E-state index contributed by atoms with van der Waals surface area (Å²) in [4.78, 5) is 15.3. The van der Waals surface area contributed by atoms with E-state index in [1.165, 1.54) is 0 Å². The number of halogens is 1. The summed E-state index contributed by atoms with van der Waals surface area (Å²) in [5.41, 5.74) is 6.19. The van der Waals surface area contributed by atoms with Gasteiger partial charge in [0.05, 0.1) is 24.0 Å². The van der Waals surface area contributed by atoms with Gasteiger partial charge < -0.3 is 15.6 Å². The van der Waals surface area contributed by atoms with E-state index in [1.807, 2.05) is 0 Å². The van der Waals surface area contributed by atoms with Crippen LogP contribution in [0.1, 0.15) is 21.8 Å². The molecule has 7 heteroatoms. The number of nitrogens with zero attached hydrogens (tertiary/aromatic N) is 2. The second-order valence-corrected chi connectivity index (χ2v) is 3.70. The Kier molecular flexibility index (Phi) is 3.22. The fourth-order valence-electron chi connectivity index (χ4n) is 1.39. The Morgan fingerprint density at radius 1 is 1.56 bits per heavy atom. The third-order valence-corrected chi connectivity index (χ3v) is 2.23. The van der Waals surface area contributed by atoms with Crippen molar-refractivity contribution in [2.45, 2.75) is 13.5 Å². The zero-order valence-corrected chi connectivity index (χ0v) is 9.61. The quantitative estimate of drug-likeness (QED) is 0.848. The summed E-state index contributed by atoms with van der Waals surface area (Å²) in [7, 11) is 0. The molecule has 0 unspecified atom stereocenters. The Labute approximate surface area is 102 Å². The third-order valence-electron chi connectivity index (χ3n) is 2.23. The minimum absolute atomic E-state index is 0.00811. The molecule has 0 aromatic carbocycles. The van der Waals surface area contributed by atoms with Gasteiger partial charge in [0.2, 0.25) is 0 Å². The highest BCUT2D eigenvalue weighted by molar-refractivity contribution is 5.98. The highest BCUT2D eigenvalue weighted by Gasteiger charge is 2.12. The lowest BCUT2D eigenvalue weighted by Crippen LogP contribution is -2.24. The standard InChI is InChI=1S/C11H11FN4O2/c1-6-2-8(18-16-6)5-15-11(17)9-3-7(12)4-14-10(9)13/h2-4H,5H2,1H3,(H2,13,14)(H,15,17). The average molecular weight is 250 g/mol. The van der Waals surface area contributed by atoms with Crippen LogP contribution in [0, 0.1) is 12.7 Å². The number of aryl methyl sites for hydroxylation is 1. The van der Waals surface area contributed by atoms with Crippen LogP contribution >= 0.6 is 0 Å². The lowest BCUT2D eigenvalue weighted by Gasteiger charge is -2.05. The first-order valence-electron chi connectivity index (χ1n) is 5.17. The van der Waals surface area contributed by atoms with Gasteiger partial charge in [-0.2, -0.15) is 0 Å². The van der Waals surface area contributed by atoms with E-state index in [0.29, 0.717) is 11.5 Å². The number of amides is 1. The molecule has 0 atom stereocenters. The molecule has 0 spiro atoms. The van der Waals surface area contributed by atoms with Crippen molar-refractivity contribution in [2.75, 3.05) is 5.73 Å². The maximum Gasteiger partial charge on any atom is 0.255 e. The summed E-state index contributed by atoms with van der Waals surface area (Å²) in [6.07, 6.45) is 0.950. The predicted molar refractivity (Wildman–Crippen MR) is 61.0 cm³/mol. The number of anilines is 1. The van der Waals surface area contributed by atoms with E-state index < -0.39 is 11.7 Å². The van der Waals surface area contributed by atoms with Gasteiger partial charge in [0.25, 0.3) is 5.91 Å². The number of hydrogen-bond acceptors (Lipinski definition) is 5. The number of carbonyl (C=O) groups excluding carboxylic acids is 1. The van der Waals surface area contributed by atoms with Crippen LogP contribution in [-0.2, 0) is 6.54 Å². The molecule has 2 aromatic heterocycles. The molecule has 0 aliphatic carbocycles. The van der Waals surface area contributed by atoms with E-state index >= 15 is 0 Å². The van der Waals surface area contributed by atoms with Gasteiger partial charge in [0.1, 0.15) is 11.6 Å². The van der Waals surface area contributed by atoms with Gasteiger partial charge in [-0.1, -0.05) is 5.16 Å². The molecule has 94 valence electrons. The van der Waals surface area contributed by atoms with Gasteiger partial charge in [0, 0.05) is 6.07 Å². The van der Waals surface area contributed by atoms with Crippen molar-refractivity contribution >= 4 is 11.7 Å². The van der Waals surface area contributed by atoms with Crippen molar-refractivity contribution in [1.82, 2.24) is 15.5 Å². The monoisotopic (exact) mass is 250 g/mol. The summed E-state index contributed by atoms with van der Waals surface area (Å²) in [5, 5.41) is 6.21. The van der Waals surface area contributed by atoms with E-state index in [4.69, 9.17) is 10.3 Å². The molecule has 0 aliphatic rings. The molecule has 0 bridgehead atoms. The Morgan fingerprint density at radius 3 is 3.00 bits per heavy atom. The number of nitrogens with two attached hydrogens (primary N) is 1. The number of nitrogens with one attached hydrogen (secondary N) is 1. The molecule has 2 aromatic rings. The van der Waals surface area contributed by atoms with E-state index in [2.05, 4.69) is 15.5 Å². The molecule has 0 radical (unpaired) electrons. The Bertz CT molecular complexity index is 582. The summed E-state index contributed by atoms with van der Waals surface area (Å²) in [6, 6.07) is 2.72. The second kappa shape index (κ2) is 4.82. The largest absolute Gasteiger partial charge is 0.383 e. The van der Waals surface area contributed by atoms with Gasteiger partial charge in [-0.05, 0) is 13.0 Å². The molecule has 6 nitrogen and oxygen atoms in total. The smallest absolute Gasteiger partial charge is 0.255 e. The molecule has 0 aliphatic heterocycles. The minimum atomic E-state index is -0.621. The van der Waals surface area contributed by atoms with Crippen LogP contribution < -0.4 is 11.1 Å². The normalized spacial score (nSPS) is 10.3. The van der Waals surface area contributed by atoms with E-state index in [1.54, 1.807) is 13.0 Å². The fraction of sp³-hybridized carbons (Fsp3) is 0.182. The number of hydrogen-bond donors (Lipinski definition) is 2. The average Bonchev–Trinajstić information content (AvgIpc) is 2.75. The molecule has 2 rings (SSSR count). The first kappa shape index (κ1) is 12.0. The van der Waals surface area contributed by atoms with Crippen LogP contribution in [0.5, 0.6) is 0 Å². The van der Waals surface area contributed by atoms with Crippen molar-refractivity contribution in [3.05, 3.63) is 41.2 Å². The Morgan fingerprint density at radius 2 is 2.33 bits per heavy atom. The van der Waals surface area contributed by atoms with Crippen molar-refractivity contribution in [3.63, 3.8) is 0 Å². The van der Waals surface area contributed by atoms with Crippen molar-refractivity contribution < 1.29 is 13.7 Å². The maximum absolute atomic E-state index is 12.9. The number of nitrogen functional groups attached to an aromatic ring is 1.